The summed E-state index contributed by atoms with van der Waals surface area (Å²) in [5, 5.41) is 4.32. The van der Waals surface area contributed by atoms with Gasteiger partial charge < -0.3 is 9.47 Å². The first-order valence-corrected chi connectivity index (χ1v) is 10.1. The van der Waals surface area contributed by atoms with E-state index in [1.807, 2.05) is 18.2 Å². The van der Waals surface area contributed by atoms with Crippen LogP contribution in [-0.2, 0) is 24.1 Å². The molecule has 0 radical (unpaired) electrons. The lowest BCUT2D eigenvalue weighted by Crippen LogP contribution is -2.23. The van der Waals surface area contributed by atoms with Gasteiger partial charge in [-0.25, -0.2) is 9.50 Å². The maximum Gasteiger partial charge on any atom is 0.433 e. The van der Waals surface area contributed by atoms with E-state index in [0.717, 1.165) is 46.8 Å². The van der Waals surface area contributed by atoms with Gasteiger partial charge in [-0.1, -0.05) is 6.07 Å². The molecular formula is C22H25F3N4O2. The molecule has 1 aromatic carbocycles. The van der Waals surface area contributed by atoms with Crippen LogP contribution in [0.2, 0.25) is 0 Å². The molecule has 2 aromatic heterocycles. The second kappa shape index (κ2) is 8.47. The summed E-state index contributed by atoms with van der Waals surface area (Å²) >= 11 is 0. The monoisotopic (exact) mass is 434 g/mol. The van der Waals surface area contributed by atoms with Crippen LogP contribution in [0, 0.1) is 6.92 Å². The highest BCUT2D eigenvalue weighted by Crippen LogP contribution is 2.36. The summed E-state index contributed by atoms with van der Waals surface area (Å²) < 4.78 is 52.2. The van der Waals surface area contributed by atoms with E-state index >= 15 is 0 Å². The molecule has 1 aliphatic heterocycles. The molecule has 31 heavy (non-hydrogen) atoms. The molecular weight excluding hydrogens is 409 g/mol. The number of likely N-dealkylation sites (tertiary alicyclic amines) is 1. The molecule has 0 amide bonds. The Balaban J connectivity index is 1.67. The van der Waals surface area contributed by atoms with E-state index in [1.54, 1.807) is 27.2 Å². The molecule has 3 aromatic rings. The molecule has 4 rings (SSSR count). The molecule has 0 unspecified atom stereocenters. The van der Waals surface area contributed by atoms with Crippen LogP contribution in [0.4, 0.5) is 13.2 Å². The van der Waals surface area contributed by atoms with E-state index < -0.39 is 11.9 Å². The van der Waals surface area contributed by atoms with Crippen molar-refractivity contribution in [1.29, 1.82) is 0 Å². The van der Waals surface area contributed by atoms with Crippen molar-refractivity contribution in [2.24, 2.45) is 0 Å². The van der Waals surface area contributed by atoms with Gasteiger partial charge in [-0.05, 0) is 50.1 Å². The first kappa shape index (κ1) is 21.6. The van der Waals surface area contributed by atoms with E-state index in [-0.39, 0.29) is 11.7 Å². The van der Waals surface area contributed by atoms with Gasteiger partial charge in [0.1, 0.15) is 11.4 Å². The van der Waals surface area contributed by atoms with E-state index in [0.29, 0.717) is 24.5 Å². The van der Waals surface area contributed by atoms with Crippen molar-refractivity contribution < 1.29 is 22.6 Å². The molecule has 1 atom stereocenters. The number of nitrogens with zero attached hydrogens (tertiary/aromatic N) is 4. The smallest absolute Gasteiger partial charge is 0.433 e. The normalized spacial score (nSPS) is 17.5. The lowest BCUT2D eigenvalue weighted by molar-refractivity contribution is -0.142. The zero-order valence-electron chi connectivity index (χ0n) is 17.7. The van der Waals surface area contributed by atoms with Crippen LogP contribution in [-0.4, -0.2) is 40.3 Å². The number of alkyl halides is 3. The van der Waals surface area contributed by atoms with Gasteiger partial charge in [0.05, 0.1) is 25.5 Å². The predicted molar refractivity (Wildman–Crippen MR) is 109 cm³/mol. The molecule has 1 fully saturated rings. The molecule has 3 heterocycles. The number of rotatable bonds is 6. The maximum atomic E-state index is 13.5. The second-order valence-corrected chi connectivity index (χ2v) is 7.83. The Hall–Kier alpha value is -2.65. The average Bonchev–Trinajstić information content (AvgIpc) is 3.33. The van der Waals surface area contributed by atoms with Crippen LogP contribution in [0.3, 0.4) is 0 Å². The lowest BCUT2D eigenvalue weighted by Gasteiger charge is -2.24. The maximum absolute atomic E-state index is 13.5. The minimum absolute atomic E-state index is 0.0844. The summed E-state index contributed by atoms with van der Waals surface area (Å²) in [6, 6.07) is 8.54. The zero-order chi connectivity index (χ0) is 22.2. The van der Waals surface area contributed by atoms with Crippen LogP contribution in [0.5, 0.6) is 5.75 Å². The summed E-state index contributed by atoms with van der Waals surface area (Å²) in [5.41, 5.74) is 2.38. The molecule has 166 valence electrons. The van der Waals surface area contributed by atoms with Crippen LogP contribution in [0.1, 0.15) is 47.1 Å². The van der Waals surface area contributed by atoms with Crippen molar-refractivity contribution in [2.75, 3.05) is 20.8 Å². The van der Waals surface area contributed by atoms with E-state index in [9.17, 15) is 13.2 Å². The summed E-state index contributed by atoms with van der Waals surface area (Å²) in [7, 11) is 3.28. The molecule has 0 saturated carbocycles. The summed E-state index contributed by atoms with van der Waals surface area (Å²) in [5.74, 6) is 0.775. The van der Waals surface area contributed by atoms with Crippen molar-refractivity contribution in [1.82, 2.24) is 19.5 Å². The Morgan fingerprint density at radius 3 is 2.68 bits per heavy atom. The average molecular weight is 434 g/mol. The van der Waals surface area contributed by atoms with Crippen LogP contribution >= 0.6 is 0 Å². The van der Waals surface area contributed by atoms with Gasteiger partial charge >= 0.3 is 6.18 Å². The van der Waals surface area contributed by atoms with E-state index in [2.05, 4.69) is 15.0 Å². The number of hydrogen-bond acceptors (Lipinski definition) is 5. The number of ether oxygens (including phenoxy) is 2. The largest absolute Gasteiger partial charge is 0.496 e. The highest BCUT2D eigenvalue weighted by Gasteiger charge is 2.36. The first-order chi connectivity index (χ1) is 14.8. The number of aryl methyl sites for hydroxylation is 1. The minimum atomic E-state index is -4.50. The first-order valence-electron chi connectivity index (χ1n) is 10.1. The number of aromatic nitrogens is 3. The lowest BCUT2D eigenvalue weighted by atomic mass is 10.1. The number of methoxy groups -OCH3 is 2. The van der Waals surface area contributed by atoms with E-state index in [4.69, 9.17) is 9.47 Å². The van der Waals surface area contributed by atoms with Gasteiger partial charge in [-0.15, -0.1) is 0 Å². The van der Waals surface area contributed by atoms with Crippen molar-refractivity contribution in [3.8, 4) is 5.75 Å². The predicted octanol–water partition coefficient (Wildman–Crippen LogP) is 4.55. The number of halogens is 3. The van der Waals surface area contributed by atoms with Crippen LogP contribution < -0.4 is 4.74 Å². The molecule has 0 N–H and O–H groups in total. The number of benzene rings is 1. The third-order valence-electron chi connectivity index (χ3n) is 5.60. The molecule has 1 aliphatic rings. The molecule has 0 spiro atoms. The van der Waals surface area contributed by atoms with Gasteiger partial charge in [0, 0.05) is 31.0 Å². The molecule has 0 aliphatic carbocycles. The Labute approximate surface area is 178 Å². The molecule has 6 nitrogen and oxygen atoms in total. The fraction of sp³-hybridized carbons (Fsp3) is 0.455. The fourth-order valence-corrected chi connectivity index (χ4v) is 4.26. The highest BCUT2D eigenvalue weighted by molar-refractivity contribution is 5.43. The zero-order valence-corrected chi connectivity index (χ0v) is 17.7. The van der Waals surface area contributed by atoms with Crippen LogP contribution in [0.25, 0.3) is 5.65 Å². The highest BCUT2D eigenvalue weighted by atomic mass is 19.4. The van der Waals surface area contributed by atoms with Gasteiger partial charge in [0.25, 0.3) is 0 Å². The van der Waals surface area contributed by atoms with Crippen molar-refractivity contribution in [2.45, 2.75) is 45.1 Å². The third-order valence-corrected chi connectivity index (χ3v) is 5.60. The van der Waals surface area contributed by atoms with Gasteiger partial charge in [-0.3, -0.25) is 4.90 Å². The van der Waals surface area contributed by atoms with Crippen molar-refractivity contribution in [3.05, 3.63) is 58.5 Å². The topological polar surface area (TPSA) is 51.9 Å². The van der Waals surface area contributed by atoms with Crippen molar-refractivity contribution >= 4 is 5.65 Å². The molecule has 9 heteroatoms. The second-order valence-electron chi connectivity index (χ2n) is 7.83. The Morgan fingerprint density at radius 1 is 1.16 bits per heavy atom. The molecule has 1 saturated heterocycles. The van der Waals surface area contributed by atoms with Gasteiger partial charge in [0.2, 0.25) is 0 Å². The SMILES string of the molecule is COCc1ccc(OC)c(CN2CCC[C@H]2c2cc3nc(C)cc(C(F)(F)F)n3n2)c1. The summed E-state index contributed by atoms with van der Waals surface area (Å²) in [6.07, 6.45) is -2.73. The van der Waals surface area contributed by atoms with Gasteiger partial charge in [0.15, 0.2) is 5.65 Å². The number of hydrogen-bond donors (Lipinski definition) is 0. The summed E-state index contributed by atoms with van der Waals surface area (Å²) in [6.45, 7) is 3.49. The van der Waals surface area contributed by atoms with Crippen molar-refractivity contribution in [3.63, 3.8) is 0 Å². The Morgan fingerprint density at radius 2 is 1.97 bits per heavy atom. The van der Waals surface area contributed by atoms with E-state index in [1.165, 1.54) is 0 Å². The Bertz CT molecular complexity index is 1080. The Kier molecular flexibility index (Phi) is 5.90. The number of fused-ring (bicyclic) bond motifs is 1. The molecule has 0 bridgehead atoms. The van der Waals surface area contributed by atoms with Crippen LogP contribution in [0.15, 0.2) is 30.3 Å². The standard InChI is InChI=1S/C22H25F3N4O2/c1-14-9-20(22(23,24)25)29-21(26-14)11-17(27-29)18-5-4-8-28(18)12-16-10-15(13-30-2)6-7-19(16)31-3/h6-7,9-11,18H,4-5,8,12-13H2,1-3H3/t18-/m0/s1. The quantitative estimate of drug-likeness (QED) is 0.570. The minimum Gasteiger partial charge on any atom is -0.496 e. The fourth-order valence-electron chi connectivity index (χ4n) is 4.26. The third kappa shape index (κ3) is 4.38. The van der Waals surface area contributed by atoms with Gasteiger partial charge in [-0.2, -0.15) is 18.3 Å². The summed E-state index contributed by atoms with van der Waals surface area (Å²) in [4.78, 5) is 6.49.